The van der Waals surface area contributed by atoms with Gasteiger partial charge in [0.25, 0.3) is 0 Å². The second-order valence-corrected chi connectivity index (χ2v) is 3.21. The standard InChI is InChI=1S/C11H15NO3/c1-4-9-8(11(14)15-5-2)6-10(12-9)7(3)13/h6,12H,4-5H2,1-3H3. The van der Waals surface area contributed by atoms with Crippen LogP contribution in [0.25, 0.3) is 0 Å². The third-order valence-electron chi connectivity index (χ3n) is 2.13. The number of hydrogen-bond acceptors (Lipinski definition) is 3. The molecule has 0 atom stereocenters. The second kappa shape index (κ2) is 4.77. The summed E-state index contributed by atoms with van der Waals surface area (Å²) >= 11 is 0. The summed E-state index contributed by atoms with van der Waals surface area (Å²) in [5, 5.41) is 0. The average Bonchev–Trinajstić information content (AvgIpc) is 2.61. The molecule has 0 aliphatic rings. The highest BCUT2D eigenvalue weighted by Crippen LogP contribution is 2.13. The minimum Gasteiger partial charge on any atom is -0.462 e. The summed E-state index contributed by atoms with van der Waals surface area (Å²) in [6.07, 6.45) is 0.668. The van der Waals surface area contributed by atoms with Gasteiger partial charge in [0.05, 0.1) is 17.9 Å². The molecule has 0 unspecified atom stereocenters. The van der Waals surface area contributed by atoms with Crippen LogP contribution in [-0.4, -0.2) is 23.3 Å². The summed E-state index contributed by atoms with van der Waals surface area (Å²) < 4.78 is 4.89. The summed E-state index contributed by atoms with van der Waals surface area (Å²) in [5.41, 5.74) is 1.66. The lowest BCUT2D eigenvalue weighted by molar-refractivity contribution is 0.0525. The van der Waals surface area contributed by atoms with Crippen molar-refractivity contribution in [1.29, 1.82) is 0 Å². The Kier molecular flexibility index (Phi) is 3.66. The van der Waals surface area contributed by atoms with Crippen molar-refractivity contribution in [1.82, 2.24) is 4.98 Å². The van der Waals surface area contributed by atoms with E-state index in [1.165, 1.54) is 6.92 Å². The van der Waals surface area contributed by atoms with Crippen LogP contribution in [0.15, 0.2) is 6.07 Å². The van der Waals surface area contributed by atoms with E-state index in [2.05, 4.69) is 4.98 Å². The van der Waals surface area contributed by atoms with Gasteiger partial charge in [0.2, 0.25) is 0 Å². The van der Waals surface area contributed by atoms with Crippen molar-refractivity contribution in [2.45, 2.75) is 27.2 Å². The zero-order valence-corrected chi connectivity index (χ0v) is 9.22. The lowest BCUT2D eigenvalue weighted by Crippen LogP contribution is -2.05. The average molecular weight is 209 g/mol. The minimum atomic E-state index is -0.377. The molecule has 1 heterocycles. The Balaban J connectivity index is 3.05. The Morgan fingerprint density at radius 3 is 2.53 bits per heavy atom. The number of esters is 1. The maximum atomic E-state index is 11.5. The van der Waals surface area contributed by atoms with E-state index in [0.29, 0.717) is 24.3 Å². The van der Waals surface area contributed by atoms with Gasteiger partial charge in [0.1, 0.15) is 0 Å². The van der Waals surface area contributed by atoms with Crippen molar-refractivity contribution < 1.29 is 14.3 Å². The van der Waals surface area contributed by atoms with Gasteiger partial charge in [-0.2, -0.15) is 0 Å². The molecule has 0 aromatic carbocycles. The van der Waals surface area contributed by atoms with Crippen LogP contribution in [0.2, 0.25) is 0 Å². The molecule has 0 amide bonds. The Hall–Kier alpha value is -1.58. The summed E-state index contributed by atoms with van der Waals surface area (Å²) in [5.74, 6) is -0.460. The van der Waals surface area contributed by atoms with Crippen LogP contribution in [0.5, 0.6) is 0 Å². The number of ether oxygens (including phenoxy) is 1. The van der Waals surface area contributed by atoms with E-state index in [0.717, 1.165) is 5.69 Å². The van der Waals surface area contributed by atoms with Gasteiger partial charge in [-0.15, -0.1) is 0 Å². The number of aryl methyl sites for hydroxylation is 1. The number of carbonyl (C=O) groups is 2. The summed E-state index contributed by atoms with van der Waals surface area (Å²) in [4.78, 5) is 25.6. The lowest BCUT2D eigenvalue weighted by Gasteiger charge is -2.00. The van der Waals surface area contributed by atoms with E-state index in [1.807, 2.05) is 6.92 Å². The number of H-pyrrole nitrogens is 1. The number of hydrogen-bond donors (Lipinski definition) is 1. The van der Waals surface area contributed by atoms with E-state index >= 15 is 0 Å². The number of ketones is 1. The normalized spacial score (nSPS) is 10.1. The molecule has 1 rings (SSSR count). The van der Waals surface area contributed by atoms with Gasteiger partial charge in [-0.25, -0.2) is 4.79 Å². The molecular weight excluding hydrogens is 194 g/mol. The van der Waals surface area contributed by atoms with Crippen molar-refractivity contribution in [3.05, 3.63) is 23.0 Å². The molecule has 1 aromatic heterocycles. The third kappa shape index (κ3) is 2.46. The summed E-state index contributed by atoms with van der Waals surface area (Å²) in [7, 11) is 0. The van der Waals surface area contributed by atoms with E-state index in [9.17, 15) is 9.59 Å². The molecule has 0 radical (unpaired) electrons. The maximum Gasteiger partial charge on any atom is 0.339 e. The lowest BCUT2D eigenvalue weighted by atomic mass is 10.2. The monoisotopic (exact) mass is 209 g/mol. The zero-order valence-electron chi connectivity index (χ0n) is 9.22. The number of aromatic amines is 1. The predicted octanol–water partition coefficient (Wildman–Crippen LogP) is 1.96. The Morgan fingerprint density at radius 2 is 2.07 bits per heavy atom. The van der Waals surface area contributed by atoms with Crippen LogP contribution in [0.4, 0.5) is 0 Å². The van der Waals surface area contributed by atoms with E-state index in [1.54, 1.807) is 13.0 Å². The molecule has 0 aliphatic heterocycles. The molecule has 0 bridgehead atoms. The molecule has 0 fully saturated rings. The minimum absolute atomic E-state index is 0.0831. The predicted molar refractivity (Wildman–Crippen MR) is 56.1 cm³/mol. The first-order valence-electron chi connectivity index (χ1n) is 5.00. The fourth-order valence-electron chi connectivity index (χ4n) is 1.36. The van der Waals surface area contributed by atoms with Gasteiger partial charge in [-0.3, -0.25) is 4.79 Å². The first-order chi connectivity index (χ1) is 7.10. The van der Waals surface area contributed by atoms with Crippen molar-refractivity contribution in [3.63, 3.8) is 0 Å². The first kappa shape index (κ1) is 11.5. The summed E-state index contributed by atoms with van der Waals surface area (Å²) in [6, 6.07) is 1.55. The molecule has 4 nitrogen and oxygen atoms in total. The van der Waals surface area contributed by atoms with Crippen molar-refractivity contribution >= 4 is 11.8 Å². The molecule has 0 aliphatic carbocycles. The Morgan fingerprint density at radius 1 is 1.40 bits per heavy atom. The molecule has 1 aromatic rings. The van der Waals surface area contributed by atoms with Gasteiger partial charge >= 0.3 is 5.97 Å². The maximum absolute atomic E-state index is 11.5. The van der Waals surface area contributed by atoms with Gasteiger partial charge in [0, 0.05) is 12.6 Å². The number of aromatic nitrogens is 1. The fourth-order valence-corrected chi connectivity index (χ4v) is 1.36. The Bertz CT molecular complexity index is 379. The van der Waals surface area contributed by atoms with Crippen molar-refractivity contribution in [3.8, 4) is 0 Å². The second-order valence-electron chi connectivity index (χ2n) is 3.21. The van der Waals surface area contributed by atoms with E-state index < -0.39 is 0 Å². The highest BCUT2D eigenvalue weighted by Gasteiger charge is 2.16. The highest BCUT2D eigenvalue weighted by atomic mass is 16.5. The Labute approximate surface area is 88.6 Å². The van der Waals surface area contributed by atoms with Gasteiger partial charge < -0.3 is 9.72 Å². The number of rotatable bonds is 4. The molecule has 82 valence electrons. The fraction of sp³-hybridized carbons (Fsp3) is 0.455. The highest BCUT2D eigenvalue weighted by molar-refractivity contribution is 5.98. The van der Waals surface area contributed by atoms with Crippen molar-refractivity contribution in [2.24, 2.45) is 0 Å². The molecule has 15 heavy (non-hydrogen) atoms. The molecular formula is C11H15NO3. The molecule has 0 spiro atoms. The molecule has 4 heteroatoms. The number of Topliss-reactive ketones (excluding diaryl/α,β-unsaturated/α-hetero) is 1. The molecule has 1 N–H and O–H groups in total. The van der Waals surface area contributed by atoms with E-state index in [-0.39, 0.29) is 11.8 Å². The van der Waals surface area contributed by atoms with Crippen LogP contribution in [0.3, 0.4) is 0 Å². The van der Waals surface area contributed by atoms with Crippen LogP contribution in [0.1, 0.15) is 47.3 Å². The number of nitrogens with one attached hydrogen (secondary N) is 1. The van der Waals surface area contributed by atoms with Gasteiger partial charge in [-0.05, 0) is 19.4 Å². The van der Waals surface area contributed by atoms with Crippen LogP contribution in [0, 0.1) is 0 Å². The largest absolute Gasteiger partial charge is 0.462 e. The van der Waals surface area contributed by atoms with Gasteiger partial charge in [0.15, 0.2) is 5.78 Å². The topological polar surface area (TPSA) is 59.2 Å². The smallest absolute Gasteiger partial charge is 0.339 e. The number of carbonyl (C=O) groups excluding carboxylic acids is 2. The van der Waals surface area contributed by atoms with Crippen molar-refractivity contribution in [2.75, 3.05) is 6.61 Å². The quantitative estimate of drug-likeness (QED) is 0.609. The molecule has 0 saturated carbocycles. The summed E-state index contributed by atoms with van der Waals surface area (Å²) in [6.45, 7) is 5.46. The zero-order chi connectivity index (χ0) is 11.4. The van der Waals surface area contributed by atoms with Crippen LogP contribution < -0.4 is 0 Å². The van der Waals surface area contributed by atoms with E-state index in [4.69, 9.17) is 4.74 Å². The molecule has 0 saturated heterocycles. The van der Waals surface area contributed by atoms with Crippen LogP contribution in [-0.2, 0) is 11.2 Å². The third-order valence-corrected chi connectivity index (χ3v) is 2.13. The van der Waals surface area contributed by atoms with Gasteiger partial charge in [-0.1, -0.05) is 6.92 Å². The first-order valence-corrected chi connectivity index (χ1v) is 5.00. The SMILES string of the molecule is CCOC(=O)c1cc(C(C)=O)[nH]c1CC. The van der Waals surface area contributed by atoms with Crippen LogP contribution >= 0.6 is 0 Å².